The Morgan fingerprint density at radius 1 is 1.32 bits per heavy atom. The predicted octanol–water partition coefficient (Wildman–Crippen LogP) is 3.32. The summed E-state index contributed by atoms with van der Waals surface area (Å²) in [4.78, 5) is 24.5. The minimum Gasteiger partial charge on any atom is -0.609 e. The van der Waals surface area contributed by atoms with E-state index in [4.69, 9.17) is 21.6 Å². The quantitative estimate of drug-likeness (QED) is 0.508. The average molecular weight is 500 g/mol. The van der Waals surface area contributed by atoms with Gasteiger partial charge < -0.3 is 19.5 Å². The van der Waals surface area contributed by atoms with Crippen LogP contribution in [0.3, 0.4) is 0 Å². The normalized spacial score (nSPS) is 24.5. The second-order valence-corrected chi connectivity index (χ2v) is 11.1. The summed E-state index contributed by atoms with van der Waals surface area (Å²) in [6, 6.07) is 7.81. The van der Waals surface area contributed by atoms with Gasteiger partial charge in [-0.05, 0) is 42.9 Å². The van der Waals surface area contributed by atoms with Crippen molar-refractivity contribution in [1.82, 2.24) is 14.9 Å². The van der Waals surface area contributed by atoms with E-state index in [1.807, 2.05) is 12.1 Å². The fraction of sp³-hybridized carbons (Fsp3) is 0.500. The maximum atomic E-state index is 12.5. The number of piperazine rings is 1. The zero-order valence-corrected chi connectivity index (χ0v) is 20.5. The van der Waals surface area contributed by atoms with Crippen LogP contribution < -0.4 is 4.90 Å². The van der Waals surface area contributed by atoms with Gasteiger partial charge in [-0.15, -0.1) is 0 Å². The van der Waals surface area contributed by atoms with E-state index in [1.54, 1.807) is 6.26 Å². The maximum absolute atomic E-state index is 12.5. The molecule has 178 valence electrons. The molecule has 0 radical (unpaired) electrons. The molecule has 2 aromatic rings. The maximum Gasteiger partial charge on any atom is 0.407 e. The molecule has 8 nitrogen and oxygen atoms in total. The summed E-state index contributed by atoms with van der Waals surface area (Å²) in [5, 5.41) is 19.9. The number of carboxylic acid groups (broad SMARTS) is 1. The smallest absolute Gasteiger partial charge is 0.407 e. The molecule has 1 aromatic carbocycles. The monoisotopic (exact) mass is 499 g/mol. The third-order valence-electron chi connectivity index (χ3n) is 7.57. The van der Waals surface area contributed by atoms with Gasteiger partial charge in [0.1, 0.15) is 12.1 Å². The number of nitrogens with zero attached hydrogens (tertiary/aromatic N) is 5. The van der Waals surface area contributed by atoms with Crippen LogP contribution in [0, 0.1) is 11.3 Å². The molecule has 1 saturated heterocycles. The van der Waals surface area contributed by atoms with Crippen molar-refractivity contribution >= 4 is 34.7 Å². The highest BCUT2D eigenvalue weighted by Crippen LogP contribution is 2.50. The van der Waals surface area contributed by atoms with E-state index in [0.29, 0.717) is 24.8 Å². The lowest BCUT2D eigenvalue weighted by molar-refractivity contribution is 0.119. The summed E-state index contributed by atoms with van der Waals surface area (Å²) < 4.78 is 12.5. The lowest BCUT2D eigenvalue weighted by Crippen LogP contribution is -2.55. The number of hydrogen-bond donors (Lipinski definition) is 1. The number of rotatable bonds is 3. The van der Waals surface area contributed by atoms with Gasteiger partial charge in [-0.1, -0.05) is 23.7 Å². The van der Waals surface area contributed by atoms with Crippen LogP contribution in [-0.2, 0) is 35.9 Å². The highest BCUT2D eigenvalue weighted by atomic mass is 35.5. The molecule has 1 amide bonds. The molecule has 2 aliphatic carbocycles. The van der Waals surface area contributed by atoms with E-state index < -0.39 is 23.3 Å². The number of halogens is 1. The van der Waals surface area contributed by atoms with Crippen molar-refractivity contribution in [2.75, 3.05) is 30.8 Å². The van der Waals surface area contributed by atoms with Crippen molar-refractivity contribution < 1.29 is 14.5 Å². The zero-order valence-electron chi connectivity index (χ0n) is 19.0. The minimum absolute atomic E-state index is 0.0310. The molecule has 1 fully saturated rings. The second-order valence-electron chi connectivity index (χ2n) is 9.37. The summed E-state index contributed by atoms with van der Waals surface area (Å²) in [5.74, 6) is 0.738. The Morgan fingerprint density at radius 2 is 2.09 bits per heavy atom. The van der Waals surface area contributed by atoms with Crippen molar-refractivity contribution in [2.24, 2.45) is 0 Å². The molecular formula is C24H26ClN5O3S. The van der Waals surface area contributed by atoms with Gasteiger partial charge in [0, 0.05) is 53.2 Å². The van der Waals surface area contributed by atoms with Gasteiger partial charge in [0.05, 0.1) is 24.2 Å². The van der Waals surface area contributed by atoms with Crippen LogP contribution in [0.2, 0.25) is 5.02 Å². The Labute approximate surface area is 206 Å². The Bertz CT molecular complexity index is 1190. The zero-order chi connectivity index (χ0) is 24.0. The summed E-state index contributed by atoms with van der Waals surface area (Å²) in [7, 11) is 0. The van der Waals surface area contributed by atoms with Gasteiger partial charge in [0.15, 0.2) is 0 Å². The molecule has 2 heterocycles. The Kier molecular flexibility index (Phi) is 6.09. The first-order valence-corrected chi connectivity index (χ1v) is 13.4. The van der Waals surface area contributed by atoms with Crippen LogP contribution in [0.4, 0.5) is 10.6 Å². The van der Waals surface area contributed by atoms with Gasteiger partial charge in [-0.25, -0.2) is 4.79 Å². The van der Waals surface area contributed by atoms with Crippen LogP contribution in [0.25, 0.3) is 0 Å². The number of anilines is 1. The molecule has 0 saturated carbocycles. The van der Waals surface area contributed by atoms with Gasteiger partial charge in [0.25, 0.3) is 0 Å². The van der Waals surface area contributed by atoms with Crippen molar-refractivity contribution in [1.29, 1.82) is 5.26 Å². The van der Waals surface area contributed by atoms with Crippen LogP contribution in [0.5, 0.6) is 0 Å². The third kappa shape index (κ3) is 3.88. The second kappa shape index (κ2) is 8.91. The van der Waals surface area contributed by atoms with E-state index in [2.05, 4.69) is 17.0 Å². The van der Waals surface area contributed by atoms with E-state index in [-0.39, 0.29) is 11.8 Å². The number of aromatic nitrogens is 2. The summed E-state index contributed by atoms with van der Waals surface area (Å²) >= 11 is 5.14. The fourth-order valence-electron chi connectivity index (χ4n) is 5.89. The van der Waals surface area contributed by atoms with E-state index in [0.717, 1.165) is 54.2 Å². The molecule has 5 rings (SSSR count). The van der Waals surface area contributed by atoms with E-state index in [1.165, 1.54) is 16.0 Å². The molecular weight excluding hydrogens is 474 g/mol. The Morgan fingerprint density at radius 3 is 2.79 bits per heavy atom. The molecule has 1 unspecified atom stereocenters. The lowest BCUT2D eigenvalue weighted by atomic mass is 9.69. The predicted molar refractivity (Wildman–Crippen MR) is 129 cm³/mol. The van der Waals surface area contributed by atoms with Crippen molar-refractivity contribution in [3.63, 3.8) is 0 Å². The van der Waals surface area contributed by atoms with Crippen molar-refractivity contribution in [3.8, 4) is 6.07 Å². The molecule has 3 atom stereocenters. The molecule has 34 heavy (non-hydrogen) atoms. The average Bonchev–Trinajstić information content (AvgIpc) is 3.17. The highest BCUT2D eigenvalue weighted by Gasteiger charge is 2.44. The lowest BCUT2D eigenvalue weighted by Gasteiger charge is -2.42. The van der Waals surface area contributed by atoms with Crippen LogP contribution in [0.15, 0.2) is 23.4 Å². The number of amides is 1. The van der Waals surface area contributed by atoms with Gasteiger partial charge in [0.2, 0.25) is 0 Å². The summed E-state index contributed by atoms with van der Waals surface area (Å²) in [6.07, 6.45) is 5.12. The number of hydrogen-bond acceptors (Lipinski definition) is 6. The van der Waals surface area contributed by atoms with Crippen LogP contribution >= 0.6 is 11.6 Å². The number of fused-ring (bicyclic) bond motifs is 3. The molecule has 0 bridgehead atoms. The molecule has 1 N–H and O–H groups in total. The van der Waals surface area contributed by atoms with E-state index >= 15 is 0 Å². The van der Waals surface area contributed by atoms with Gasteiger partial charge in [-0.3, -0.25) is 0 Å². The summed E-state index contributed by atoms with van der Waals surface area (Å²) in [5.41, 5.74) is 4.47. The first kappa shape index (κ1) is 23.2. The Balaban J connectivity index is 1.52. The standard InChI is InChI=1S/C24H26ClN5O3S/c1-34(33)22-27-20-13-24(8-5-16-18(24)3-2-4-19(16)25)9-6-17(20)21(28-22)29-11-12-30(23(31)32)15(14-29)7-10-26/h2-4,15H,5-9,11-14H2,1H3,(H,31,32)/t15-,24-,34?/m0/s1. The largest absolute Gasteiger partial charge is 0.609 e. The Hall–Kier alpha value is -2.54. The molecule has 1 aromatic heterocycles. The SMILES string of the molecule is C[S+]([O-])c1nc2c(c(N3CCN(C(=O)O)[C@@H](CC#N)C3)n1)CC[C@@]1(CCc3c(Cl)cccc31)C2. The fourth-order valence-corrected chi connectivity index (χ4v) is 6.61. The number of carbonyl (C=O) groups is 1. The topological polar surface area (TPSA) is 116 Å². The first-order valence-electron chi connectivity index (χ1n) is 11.5. The molecule has 1 aliphatic heterocycles. The van der Waals surface area contributed by atoms with Gasteiger partial charge >= 0.3 is 11.2 Å². The van der Waals surface area contributed by atoms with Crippen molar-refractivity contribution in [2.45, 2.75) is 55.1 Å². The number of nitriles is 1. The van der Waals surface area contributed by atoms with Crippen molar-refractivity contribution in [3.05, 3.63) is 45.6 Å². The highest BCUT2D eigenvalue weighted by molar-refractivity contribution is 7.90. The molecule has 1 spiro atoms. The molecule has 3 aliphatic rings. The van der Waals surface area contributed by atoms with Gasteiger partial charge in [-0.2, -0.15) is 15.2 Å². The molecule has 10 heteroatoms. The van der Waals surface area contributed by atoms with E-state index in [9.17, 15) is 19.7 Å². The van der Waals surface area contributed by atoms with Crippen LogP contribution in [-0.4, -0.2) is 62.6 Å². The number of benzene rings is 1. The first-order chi connectivity index (χ1) is 16.3. The third-order valence-corrected chi connectivity index (χ3v) is 8.62. The minimum atomic E-state index is -1.36. The van der Waals surface area contributed by atoms with Crippen LogP contribution in [0.1, 0.15) is 41.6 Å². The summed E-state index contributed by atoms with van der Waals surface area (Å²) in [6.45, 7) is 1.14.